The molecule has 1 N–H and O–H groups in total. The Morgan fingerprint density at radius 2 is 1.72 bits per heavy atom. The molecule has 2 nitrogen and oxygen atoms in total. The summed E-state index contributed by atoms with van der Waals surface area (Å²) in [6, 6.07) is 13.5. The van der Waals surface area contributed by atoms with Crippen LogP contribution in [0.3, 0.4) is 0 Å². The van der Waals surface area contributed by atoms with Gasteiger partial charge in [0.05, 0.1) is 0 Å². The van der Waals surface area contributed by atoms with E-state index < -0.39 is 0 Å². The van der Waals surface area contributed by atoms with E-state index in [1.54, 1.807) is 0 Å². The summed E-state index contributed by atoms with van der Waals surface area (Å²) in [5, 5.41) is 10.0. The maximum absolute atomic E-state index is 9.30. The first kappa shape index (κ1) is 13.0. The van der Waals surface area contributed by atoms with Crippen molar-refractivity contribution in [3.63, 3.8) is 0 Å². The quantitative estimate of drug-likeness (QED) is 0.854. The molecule has 0 atom stereocenters. The largest absolute Gasteiger partial charge is 0.450 e. The summed E-state index contributed by atoms with van der Waals surface area (Å²) in [5.41, 5.74) is 3.90. The second kappa shape index (κ2) is 5.47. The molecular formula is C14H14BClNO. The van der Waals surface area contributed by atoms with Gasteiger partial charge in [0.15, 0.2) is 0 Å². The SMILES string of the molecule is CN(C)c1ccc([B]O)c(-c2ccc(Cl)cc2)c1. The van der Waals surface area contributed by atoms with E-state index in [-0.39, 0.29) is 0 Å². The highest BCUT2D eigenvalue weighted by Gasteiger charge is 2.08. The highest BCUT2D eigenvalue weighted by molar-refractivity contribution is 6.48. The summed E-state index contributed by atoms with van der Waals surface area (Å²) in [6.07, 6.45) is 0. The molecule has 0 amide bonds. The fourth-order valence-electron chi connectivity index (χ4n) is 1.81. The van der Waals surface area contributed by atoms with Crippen molar-refractivity contribution in [3.8, 4) is 11.1 Å². The zero-order valence-corrected chi connectivity index (χ0v) is 11.1. The Hall–Kier alpha value is -1.45. The Kier molecular flexibility index (Phi) is 3.95. The molecule has 0 saturated heterocycles. The molecule has 0 aliphatic rings. The smallest absolute Gasteiger partial charge is 0.327 e. The van der Waals surface area contributed by atoms with Gasteiger partial charge in [-0.15, -0.1) is 0 Å². The van der Waals surface area contributed by atoms with Crippen molar-refractivity contribution < 1.29 is 5.02 Å². The molecule has 0 aromatic heterocycles. The van der Waals surface area contributed by atoms with Gasteiger partial charge in [-0.1, -0.05) is 29.8 Å². The highest BCUT2D eigenvalue weighted by Crippen LogP contribution is 2.23. The van der Waals surface area contributed by atoms with Crippen LogP contribution in [-0.4, -0.2) is 26.6 Å². The topological polar surface area (TPSA) is 23.5 Å². The zero-order chi connectivity index (χ0) is 13.1. The summed E-state index contributed by atoms with van der Waals surface area (Å²) in [6.45, 7) is 0. The standard InChI is InChI=1S/C14H14BClNO/c1-17(2)12-7-8-14(15-18)13(9-12)10-3-5-11(16)6-4-10/h3-9,18H,1-2H3. The van der Waals surface area contributed by atoms with Crippen molar-refractivity contribution in [2.45, 2.75) is 0 Å². The molecule has 0 fully saturated rings. The molecule has 91 valence electrons. The molecule has 0 bridgehead atoms. The van der Waals surface area contributed by atoms with Crippen LogP contribution in [0.1, 0.15) is 0 Å². The Balaban J connectivity index is 2.53. The van der Waals surface area contributed by atoms with Crippen LogP contribution in [0.15, 0.2) is 42.5 Å². The van der Waals surface area contributed by atoms with Gasteiger partial charge in [0.2, 0.25) is 0 Å². The van der Waals surface area contributed by atoms with Crippen LogP contribution < -0.4 is 10.4 Å². The van der Waals surface area contributed by atoms with Crippen LogP contribution in [-0.2, 0) is 0 Å². The highest BCUT2D eigenvalue weighted by atomic mass is 35.5. The molecule has 0 spiro atoms. The molecule has 4 heteroatoms. The summed E-state index contributed by atoms with van der Waals surface area (Å²) in [5.74, 6) is 0. The maximum Gasteiger partial charge on any atom is 0.327 e. The molecule has 18 heavy (non-hydrogen) atoms. The van der Waals surface area contributed by atoms with E-state index in [1.807, 2.05) is 61.5 Å². The van der Waals surface area contributed by atoms with E-state index in [2.05, 4.69) is 0 Å². The van der Waals surface area contributed by atoms with Gasteiger partial charge >= 0.3 is 7.48 Å². The maximum atomic E-state index is 9.30. The van der Waals surface area contributed by atoms with Gasteiger partial charge in [0.1, 0.15) is 0 Å². The van der Waals surface area contributed by atoms with Crippen molar-refractivity contribution in [1.82, 2.24) is 0 Å². The third kappa shape index (κ3) is 2.69. The van der Waals surface area contributed by atoms with Crippen LogP contribution in [0.2, 0.25) is 5.02 Å². The van der Waals surface area contributed by atoms with Gasteiger partial charge < -0.3 is 9.92 Å². The average molecular weight is 259 g/mol. The number of hydrogen-bond donors (Lipinski definition) is 1. The number of hydrogen-bond acceptors (Lipinski definition) is 2. The Labute approximate surface area is 113 Å². The van der Waals surface area contributed by atoms with Crippen LogP contribution in [0.4, 0.5) is 5.69 Å². The van der Waals surface area contributed by atoms with Crippen LogP contribution in [0.5, 0.6) is 0 Å². The van der Waals surface area contributed by atoms with Crippen molar-refractivity contribution in [3.05, 3.63) is 47.5 Å². The lowest BCUT2D eigenvalue weighted by atomic mass is 9.81. The molecule has 0 heterocycles. The van der Waals surface area contributed by atoms with E-state index in [0.29, 0.717) is 5.02 Å². The Morgan fingerprint density at radius 3 is 2.28 bits per heavy atom. The van der Waals surface area contributed by atoms with Gasteiger partial charge in [-0.2, -0.15) is 0 Å². The van der Waals surface area contributed by atoms with Crippen molar-refractivity contribution in [1.29, 1.82) is 0 Å². The lowest BCUT2D eigenvalue weighted by Crippen LogP contribution is -2.18. The fraction of sp³-hybridized carbons (Fsp3) is 0.143. The normalized spacial score (nSPS) is 10.2. The first-order valence-electron chi connectivity index (χ1n) is 5.66. The van der Waals surface area contributed by atoms with Crippen molar-refractivity contribution in [2.75, 3.05) is 19.0 Å². The predicted octanol–water partition coefficient (Wildman–Crippen LogP) is 2.31. The minimum Gasteiger partial charge on any atom is -0.450 e. The van der Waals surface area contributed by atoms with Crippen LogP contribution in [0.25, 0.3) is 11.1 Å². The summed E-state index contributed by atoms with van der Waals surface area (Å²) in [7, 11) is 5.11. The number of benzene rings is 2. The number of rotatable bonds is 3. The average Bonchev–Trinajstić information content (AvgIpc) is 2.39. The van der Waals surface area contributed by atoms with E-state index >= 15 is 0 Å². The monoisotopic (exact) mass is 258 g/mol. The van der Waals surface area contributed by atoms with Gasteiger partial charge in [-0.05, 0) is 40.9 Å². The second-order valence-electron chi connectivity index (χ2n) is 4.30. The molecule has 2 aromatic carbocycles. The number of halogens is 1. The fourth-order valence-corrected chi connectivity index (χ4v) is 1.94. The Bertz CT molecular complexity index is 540. The van der Waals surface area contributed by atoms with Gasteiger partial charge in [0.25, 0.3) is 0 Å². The number of anilines is 1. The molecule has 0 saturated carbocycles. The summed E-state index contributed by atoms with van der Waals surface area (Å²) >= 11 is 5.89. The summed E-state index contributed by atoms with van der Waals surface area (Å²) < 4.78 is 0. The van der Waals surface area contributed by atoms with Gasteiger partial charge in [-0.25, -0.2) is 0 Å². The number of nitrogens with zero attached hydrogens (tertiary/aromatic N) is 1. The summed E-state index contributed by atoms with van der Waals surface area (Å²) in [4.78, 5) is 2.03. The van der Waals surface area contributed by atoms with Crippen LogP contribution in [0, 0.1) is 0 Å². The lowest BCUT2D eigenvalue weighted by molar-refractivity contribution is 0.615. The predicted molar refractivity (Wildman–Crippen MR) is 78.8 cm³/mol. The van der Waals surface area contributed by atoms with Crippen LogP contribution >= 0.6 is 11.6 Å². The molecular weight excluding hydrogens is 244 g/mol. The van der Waals surface area contributed by atoms with E-state index in [0.717, 1.165) is 29.8 Å². The second-order valence-corrected chi connectivity index (χ2v) is 4.74. The molecule has 0 aliphatic carbocycles. The molecule has 2 aromatic rings. The molecule has 1 radical (unpaired) electrons. The van der Waals surface area contributed by atoms with E-state index in [4.69, 9.17) is 11.6 Å². The lowest BCUT2D eigenvalue weighted by Gasteiger charge is -2.16. The minimum absolute atomic E-state index is 0.706. The molecule has 2 rings (SSSR count). The van der Waals surface area contributed by atoms with E-state index in [9.17, 15) is 5.02 Å². The van der Waals surface area contributed by atoms with Crippen molar-refractivity contribution in [2.24, 2.45) is 0 Å². The third-order valence-corrected chi connectivity index (χ3v) is 3.10. The zero-order valence-electron chi connectivity index (χ0n) is 10.4. The first-order chi connectivity index (χ1) is 8.61. The van der Waals surface area contributed by atoms with Gasteiger partial charge in [-0.3, -0.25) is 0 Å². The third-order valence-electron chi connectivity index (χ3n) is 2.85. The first-order valence-corrected chi connectivity index (χ1v) is 6.04. The Morgan fingerprint density at radius 1 is 1.06 bits per heavy atom. The van der Waals surface area contributed by atoms with Gasteiger partial charge in [0, 0.05) is 24.8 Å². The molecule has 0 aliphatic heterocycles. The minimum atomic E-state index is 0.706. The van der Waals surface area contributed by atoms with E-state index in [1.165, 1.54) is 0 Å². The van der Waals surface area contributed by atoms with Crippen molar-refractivity contribution >= 4 is 30.2 Å². The molecule has 0 unspecified atom stereocenters.